The molecule has 0 amide bonds. The van der Waals surface area contributed by atoms with Crippen LogP contribution in [0.15, 0.2) is 12.1 Å². The van der Waals surface area contributed by atoms with Gasteiger partial charge in [-0.3, -0.25) is 0 Å². The summed E-state index contributed by atoms with van der Waals surface area (Å²) in [6.45, 7) is 3.05. The fourth-order valence-corrected chi connectivity index (χ4v) is 2.51. The highest BCUT2D eigenvalue weighted by Crippen LogP contribution is 2.47. The molecule has 1 fully saturated rings. The number of hydrogen-bond donors (Lipinski definition) is 1. The van der Waals surface area contributed by atoms with Crippen LogP contribution in [0.5, 0.6) is 0 Å². The van der Waals surface area contributed by atoms with Crippen LogP contribution in [0.1, 0.15) is 19.8 Å². The van der Waals surface area contributed by atoms with Crippen molar-refractivity contribution in [2.75, 3.05) is 5.73 Å². The maximum Gasteiger partial charge on any atom is 0.201 e. The van der Waals surface area contributed by atoms with Gasteiger partial charge >= 0.3 is 0 Å². The van der Waals surface area contributed by atoms with Gasteiger partial charge in [0.15, 0.2) is 0 Å². The van der Waals surface area contributed by atoms with E-state index in [-0.39, 0.29) is 5.82 Å². The number of aromatic nitrogens is 2. The van der Waals surface area contributed by atoms with Crippen LogP contribution in [0.4, 0.5) is 10.3 Å². The Bertz CT molecular complexity index is 601. The van der Waals surface area contributed by atoms with Gasteiger partial charge in [-0.2, -0.15) is 0 Å². The van der Waals surface area contributed by atoms with Crippen molar-refractivity contribution in [3.8, 4) is 0 Å². The third kappa shape index (κ3) is 1.90. The van der Waals surface area contributed by atoms with Crippen LogP contribution in [0.3, 0.4) is 0 Å². The average molecular weight is 345 g/mol. The van der Waals surface area contributed by atoms with Crippen LogP contribution >= 0.6 is 22.6 Å². The summed E-state index contributed by atoms with van der Waals surface area (Å²) in [6, 6.07) is 3.28. The van der Waals surface area contributed by atoms with Gasteiger partial charge in [0, 0.05) is 12.6 Å². The normalized spacial score (nSPS) is 17.6. The predicted molar refractivity (Wildman–Crippen MR) is 74.2 cm³/mol. The molecule has 2 aromatic rings. The average Bonchev–Trinajstić information content (AvgIpc) is 2.91. The van der Waals surface area contributed by atoms with Crippen molar-refractivity contribution in [2.45, 2.75) is 26.3 Å². The summed E-state index contributed by atoms with van der Waals surface area (Å²) in [4.78, 5) is 4.30. The monoisotopic (exact) mass is 345 g/mol. The summed E-state index contributed by atoms with van der Waals surface area (Å²) in [5, 5.41) is 0. The lowest BCUT2D eigenvalue weighted by Crippen LogP contribution is -2.10. The Balaban J connectivity index is 2.16. The van der Waals surface area contributed by atoms with E-state index >= 15 is 0 Å². The van der Waals surface area contributed by atoms with E-state index in [1.807, 2.05) is 27.2 Å². The molecule has 90 valence electrons. The molecule has 0 unspecified atom stereocenters. The van der Waals surface area contributed by atoms with E-state index in [2.05, 4.69) is 11.9 Å². The molecule has 0 saturated heterocycles. The quantitative estimate of drug-likeness (QED) is 0.850. The van der Waals surface area contributed by atoms with Gasteiger partial charge in [-0.15, -0.1) is 0 Å². The van der Waals surface area contributed by atoms with E-state index in [0.717, 1.165) is 17.6 Å². The molecule has 1 saturated carbocycles. The number of anilines is 1. The highest BCUT2D eigenvalue weighted by molar-refractivity contribution is 14.1. The fraction of sp³-hybridized carbons (Fsp3) is 0.417. The van der Waals surface area contributed by atoms with E-state index in [9.17, 15) is 4.39 Å². The lowest BCUT2D eigenvalue weighted by Gasteiger charge is -2.11. The third-order valence-corrected chi connectivity index (χ3v) is 4.29. The topological polar surface area (TPSA) is 43.8 Å². The van der Waals surface area contributed by atoms with Gasteiger partial charge in [-0.25, -0.2) is 9.37 Å². The van der Waals surface area contributed by atoms with E-state index in [1.165, 1.54) is 18.9 Å². The number of fused-ring (bicyclic) bond motifs is 1. The summed E-state index contributed by atoms with van der Waals surface area (Å²) in [5.41, 5.74) is 7.81. The lowest BCUT2D eigenvalue weighted by atomic mass is 10.1. The van der Waals surface area contributed by atoms with Gasteiger partial charge in [0.05, 0.1) is 14.6 Å². The molecule has 0 atom stereocenters. The zero-order valence-electron chi connectivity index (χ0n) is 9.50. The Hall–Kier alpha value is -0.850. The highest BCUT2D eigenvalue weighted by Gasteiger charge is 2.38. The molecule has 0 aliphatic heterocycles. The van der Waals surface area contributed by atoms with E-state index in [0.29, 0.717) is 14.9 Å². The van der Waals surface area contributed by atoms with Gasteiger partial charge in [0.25, 0.3) is 0 Å². The zero-order valence-corrected chi connectivity index (χ0v) is 11.7. The lowest BCUT2D eigenvalue weighted by molar-refractivity contribution is 0.476. The number of rotatable bonds is 2. The first-order valence-electron chi connectivity index (χ1n) is 5.59. The second-order valence-electron chi connectivity index (χ2n) is 5.12. The highest BCUT2D eigenvalue weighted by atomic mass is 127. The minimum absolute atomic E-state index is 0.208. The van der Waals surface area contributed by atoms with Crippen LogP contribution in [0, 0.1) is 14.8 Å². The first-order valence-corrected chi connectivity index (χ1v) is 6.67. The number of nitrogens with two attached hydrogens (primary N) is 1. The fourth-order valence-electron chi connectivity index (χ4n) is 2.06. The number of imidazole rings is 1. The van der Waals surface area contributed by atoms with Crippen LogP contribution in [0.25, 0.3) is 11.0 Å². The third-order valence-electron chi connectivity index (χ3n) is 3.46. The first-order chi connectivity index (χ1) is 7.98. The predicted octanol–water partition coefficient (Wildman–Crippen LogP) is 3.16. The maximum atomic E-state index is 13.6. The Morgan fingerprint density at radius 3 is 2.88 bits per heavy atom. The molecule has 1 aliphatic rings. The maximum absolute atomic E-state index is 13.6. The summed E-state index contributed by atoms with van der Waals surface area (Å²) in [6.07, 6.45) is 2.41. The molecule has 5 heteroatoms. The first kappa shape index (κ1) is 11.3. The van der Waals surface area contributed by atoms with Crippen LogP contribution in [-0.4, -0.2) is 9.55 Å². The largest absolute Gasteiger partial charge is 0.369 e. The SMILES string of the molecule is CC1(Cn2c(N)nc3cc(I)c(F)cc32)CC1. The Kier molecular flexibility index (Phi) is 2.36. The van der Waals surface area contributed by atoms with E-state index in [1.54, 1.807) is 6.07 Å². The summed E-state index contributed by atoms with van der Waals surface area (Å²) in [5.74, 6) is 0.273. The number of hydrogen-bond acceptors (Lipinski definition) is 2. The Morgan fingerprint density at radius 1 is 1.53 bits per heavy atom. The second-order valence-corrected chi connectivity index (χ2v) is 6.28. The molecule has 1 heterocycles. The molecule has 0 bridgehead atoms. The Morgan fingerprint density at radius 2 is 2.24 bits per heavy atom. The second kappa shape index (κ2) is 3.57. The van der Waals surface area contributed by atoms with Crippen molar-refractivity contribution < 1.29 is 4.39 Å². The molecule has 2 N–H and O–H groups in total. The van der Waals surface area contributed by atoms with Crippen molar-refractivity contribution in [3.05, 3.63) is 21.5 Å². The number of nitrogens with zero attached hydrogens (tertiary/aromatic N) is 2. The molecule has 1 aromatic heterocycles. The van der Waals surface area contributed by atoms with E-state index in [4.69, 9.17) is 5.73 Å². The molecule has 1 aliphatic carbocycles. The minimum Gasteiger partial charge on any atom is -0.369 e. The van der Waals surface area contributed by atoms with E-state index < -0.39 is 0 Å². The van der Waals surface area contributed by atoms with Crippen LogP contribution in [0.2, 0.25) is 0 Å². The van der Waals surface area contributed by atoms with Gasteiger partial charge < -0.3 is 10.3 Å². The molecule has 3 rings (SSSR count). The molecule has 0 radical (unpaired) electrons. The minimum atomic E-state index is -0.208. The van der Waals surface area contributed by atoms with Gasteiger partial charge in [0.1, 0.15) is 5.82 Å². The number of nitrogen functional groups attached to an aromatic ring is 1. The molecule has 0 spiro atoms. The van der Waals surface area contributed by atoms with Gasteiger partial charge in [-0.1, -0.05) is 6.92 Å². The summed E-state index contributed by atoms with van der Waals surface area (Å²) in [7, 11) is 0. The van der Waals surface area contributed by atoms with Crippen LogP contribution in [-0.2, 0) is 6.54 Å². The molecule has 17 heavy (non-hydrogen) atoms. The standard InChI is InChI=1S/C12H13FIN3/c1-12(2-3-12)6-17-10-4-7(13)8(14)5-9(10)16-11(17)15/h4-5H,2-3,6H2,1H3,(H2,15,16). The van der Waals surface area contributed by atoms with Crippen molar-refractivity contribution in [1.82, 2.24) is 9.55 Å². The summed E-state index contributed by atoms with van der Waals surface area (Å²) < 4.78 is 16.1. The smallest absolute Gasteiger partial charge is 0.201 e. The number of halogens is 2. The zero-order chi connectivity index (χ0) is 12.2. The van der Waals surface area contributed by atoms with Gasteiger partial charge in [0.2, 0.25) is 5.95 Å². The Labute approximate surface area is 112 Å². The van der Waals surface area contributed by atoms with Crippen molar-refractivity contribution in [3.63, 3.8) is 0 Å². The number of benzene rings is 1. The molecular formula is C12H13FIN3. The van der Waals surface area contributed by atoms with Crippen molar-refractivity contribution in [1.29, 1.82) is 0 Å². The van der Waals surface area contributed by atoms with Crippen molar-refractivity contribution >= 4 is 39.6 Å². The molecule has 3 nitrogen and oxygen atoms in total. The van der Waals surface area contributed by atoms with Gasteiger partial charge in [-0.05, 0) is 46.9 Å². The van der Waals surface area contributed by atoms with Crippen LogP contribution < -0.4 is 5.73 Å². The van der Waals surface area contributed by atoms with Crippen molar-refractivity contribution in [2.24, 2.45) is 5.41 Å². The summed E-state index contributed by atoms with van der Waals surface area (Å²) >= 11 is 1.97. The molecule has 1 aromatic carbocycles. The molecular weight excluding hydrogens is 332 g/mol.